The first-order valence-electron chi connectivity index (χ1n) is 13.4. The van der Waals surface area contributed by atoms with Gasteiger partial charge in [0.15, 0.2) is 0 Å². The van der Waals surface area contributed by atoms with Crippen LogP contribution in [0.3, 0.4) is 0 Å². The number of piperidine rings is 1. The number of benzene rings is 1. The fourth-order valence-corrected chi connectivity index (χ4v) is 5.90. The van der Waals surface area contributed by atoms with Crippen LogP contribution in [0.2, 0.25) is 0 Å². The van der Waals surface area contributed by atoms with Gasteiger partial charge in [0.1, 0.15) is 5.76 Å². The summed E-state index contributed by atoms with van der Waals surface area (Å²) in [4.78, 5) is 24.4. The third kappa shape index (κ3) is 8.35. The Hall–Kier alpha value is -3.36. The third-order valence-corrected chi connectivity index (χ3v) is 8.80. The van der Waals surface area contributed by atoms with E-state index in [2.05, 4.69) is 37.1 Å². The van der Waals surface area contributed by atoms with Crippen LogP contribution >= 0.6 is 0 Å². The number of alkyl halides is 3. The maximum Gasteiger partial charge on any atom is 0.490 e. The zero-order chi connectivity index (χ0) is 31.5. The molecule has 4 rings (SSSR count). The van der Waals surface area contributed by atoms with Gasteiger partial charge >= 0.3 is 12.1 Å². The van der Waals surface area contributed by atoms with Gasteiger partial charge in [-0.3, -0.25) is 4.79 Å². The average Bonchev–Trinajstić information content (AvgIpc) is 3.54. The number of furan rings is 1. The van der Waals surface area contributed by atoms with E-state index in [0.29, 0.717) is 25.2 Å². The number of halogens is 3. The van der Waals surface area contributed by atoms with Crippen LogP contribution in [-0.2, 0) is 21.4 Å². The molecule has 0 aliphatic carbocycles. The number of primary amides is 1. The largest absolute Gasteiger partial charge is 0.490 e. The van der Waals surface area contributed by atoms with Crippen molar-refractivity contribution in [2.24, 2.45) is 11.1 Å². The molecule has 0 saturated carbocycles. The van der Waals surface area contributed by atoms with Crippen LogP contribution in [0.5, 0.6) is 0 Å². The van der Waals surface area contributed by atoms with E-state index in [1.165, 1.54) is 0 Å². The molecule has 1 fully saturated rings. The molecule has 232 valence electrons. The zero-order valence-electron chi connectivity index (χ0n) is 24.0. The zero-order valence-corrected chi connectivity index (χ0v) is 24.8. The van der Waals surface area contributed by atoms with Gasteiger partial charge in [-0.25, -0.2) is 17.5 Å². The molecule has 0 radical (unpaired) electrons. The predicted molar refractivity (Wildman–Crippen MR) is 152 cm³/mol. The SMILES string of the molecule is CCS(=O)(=O)N1CCC(c2c[nH]c3c(C(N)=O)cc(-c4coc(CNCC(C)(C)C)c4)cc23)CC1.O=C(O)C(F)(F)F. The lowest BCUT2D eigenvalue weighted by Gasteiger charge is -2.31. The van der Waals surface area contributed by atoms with Gasteiger partial charge in [-0.05, 0) is 60.4 Å². The molecule has 0 atom stereocenters. The molecule has 5 N–H and O–H groups in total. The van der Waals surface area contributed by atoms with Crippen LogP contribution in [0.4, 0.5) is 13.2 Å². The van der Waals surface area contributed by atoms with Gasteiger partial charge in [0, 0.05) is 36.8 Å². The number of aromatic amines is 1. The number of nitrogens with two attached hydrogens (primary N) is 1. The second-order valence-corrected chi connectivity index (χ2v) is 13.7. The highest BCUT2D eigenvalue weighted by molar-refractivity contribution is 7.89. The molecule has 0 unspecified atom stereocenters. The van der Waals surface area contributed by atoms with Crippen LogP contribution in [-0.4, -0.2) is 66.3 Å². The number of amides is 1. The van der Waals surface area contributed by atoms with Crippen molar-refractivity contribution in [3.8, 4) is 11.1 Å². The molecule has 1 amide bonds. The van der Waals surface area contributed by atoms with Crippen molar-refractivity contribution in [2.45, 2.75) is 59.2 Å². The second kappa shape index (κ2) is 12.9. The topological polar surface area (TPSA) is 159 Å². The van der Waals surface area contributed by atoms with Crippen molar-refractivity contribution in [2.75, 3.05) is 25.4 Å². The number of carbonyl (C=O) groups is 2. The first-order valence-corrected chi connectivity index (χ1v) is 15.0. The number of fused-ring (bicyclic) bond motifs is 1. The lowest BCUT2D eigenvalue weighted by molar-refractivity contribution is -0.192. The van der Waals surface area contributed by atoms with Crippen molar-refractivity contribution in [3.05, 3.63) is 47.5 Å². The highest BCUT2D eigenvalue weighted by atomic mass is 32.2. The second-order valence-electron chi connectivity index (χ2n) is 11.4. The lowest BCUT2D eigenvalue weighted by Crippen LogP contribution is -2.38. The van der Waals surface area contributed by atoms with Crippen LogP contribution in [0, 0.1) is 5.41 Å². The summed E-state index contributed by atoms with van der Waals surface area (Å²) in [5.74, 6) is -2.11. The molecule has 1 aromatic carbocycles. The summed E-state index contributed by atoms with van der Waals surface area (Å²) >= 11 is 0. The van der Waals surface area contributed by atoms with E-state index < -0.39 is 28.1 Å². The van der Waals surface area contributed by atoms with Gasteiger partial charge in [-0.2, -0.15) is 13.2 Å². The molecule has 2 aromatic heterocycles. The highest BCUT2D eigenvalue weighted by Gasteiger charge is 2.38. The van der Waals surface area contributed by atoms with Gasteiger partial charge in [0.25, 0.3) is 5.91 Å². The molecule has 1 aliphatic rings. The van der Waals surface area contributed by atoms with Crippen LogP contribution < -0.4 is 11.1 Å². The Balaban J connectivity index is 0.000000616. The number of sulfonamides is 1. The average molecular weight is 615 g/mol. The predicted octanol–water partition coefficient (Wildman–Crippen LogP) is 4.82. The normalized spacial score (nSPS) is 15.4. The van der Waals surface area contributed by atoms with E-state index >= 15 is 0 Å². The molecule has 3 heterocycles. The van der Waals surface area contributed by atoms with Crippen molar-refractivity contribution < 1.29 is 40.7 Å². The van der Waals surface area contributed by atoms with Crippen LogP contribution in [0.1, 0.15) is 68.1 Å². The third-order valence-electron chi connectivity index (χ3n) is 6.92. The minimum Gasteiger partial charge on any atom is -0.475 e. The molecule has 14 heteroatoms. The summed E-state index contributed by atoms with van der Waals surface area (Å²) < 4.78 is 63.6. The number of hydrogen-bond donors (Lipinski definition) is 4. The first-order chi connectivity index (χ1) is 19.4. The maximum absolute atomic E-state index is 12.3. The summed E-state index contributed by atoms with van der Waals surface area (Å²) in [5, 5.41) is 11.5. The van der Waals surface area contributed by atoms with Crippen molar-refractivity contribution in [1.29, 1.82) is 0 Å². The number of carbonyl (C=O) groups excluding carboxylic acids is 1. The van der Waals surface area contributed by atoms with E-state index in [1.807, 2.05) is 12.3 Å². The maximum atomic E-state index is 12.3. The fourth-order valence-electron chi connectivity index (χ4n) is 4.76. The Morgan fingerprint density at radius 3 is 2.29 bits per heavy atom. The number of nitrogens with one attached hydrogen (secondary N) is 2. The van der Waals surface area contributed by atoms with Crippen LogP contribution in [0.15, 0.2) is 35.1 Å². The molecule has 1 aliphatic heterocycles. The van der Waals surface area contributed by atoms with E-state index in [4.69, 9.17) is 20.1 Å². The molecule has 10 nitrogen and oxygen atoms in total. The number of carboxylic acid groups (broad SMARTS) is 1. The number of carboxylic acids is 1. The summed E-state index contributed by atoms with van der Waals surface area (Å²) in [6, 6.07) is 5.86. The summed E-state index contributed by atoms with van der Waals surface area (Å²) in [6.45, 7) is 10.7. The van der Waals surface area contributed by atoms with Crippen molar-refractivity contribution in [1.82, 2.24) is 14.6 Å². The minimum absolute atomic E-state index is 0.120. The molecular weight excluding hydrogens is 577 g/mol. The smallest absolute Gasteiger partial charge is 0.475 e. The molecule has 42 heavy (non-hydrogen) atoms. The number of rotatable bonds is 8. The van der Waals surface area contributed by atoms with Gasteiger partial charge < -0.3 is 25.6 Å². The monoisotopic (exact) mass is 614 g/mol. The van der Waals surface area contributed by atoms with E-state index in [-0.39, 0.29) is 17.1 Å². The van der Waals surface area contributed by atoms with Gasteiger partial charge in [-0.15, -0.1) is 0 Å². The summed E-state index contributed by atoms with van der Waals surface area (Å²) in [7, 11) is -3.18. The number of H-pyrrole nitrogens is 1. The van der Waals surface area contributed by atoms with Crippen LogP contribution in [0.25, 0.3) is 22.0 Å². The number of nitrogens with zero attached hydrogens (tertiary/aromatic N) is 1. The molecule has 1 saturated heterocycles. The van der Waals surface area contributed by atoms with Gasteiger partial charge in [0.05, 0.1) is 29.6 Å². The highest BCUT2D eigenvalue weighted by Crippen LogP contribution is 2.37. The molecule has 0 bridgehead atoms. The Bertz CT molecular complexity index is 1510. The van der Waals surface area contributed by atoms with Crippen molar-refractivity contribution in [3.63, 3.8) is 0 Å². The van der Waals surface area contributed by atoms with Gasteiger partial charge in [-0.1, -0.05) is 20.8 Å². The molecule has 0 spiro atoms. The Kier molecular flexibility index (Phi) is 10.2. The van der Waals surface area contributed by atoms with E-state index in [0.717, 1.165) is 52.7 Å². The Labute approximate surface area is 242 Å². The minimum atomic E-state index is -5.08. The first kappa shape index (κ1) is 33.1. The molecule has 3 aromatic rings. The quantitative estimate of drug-likeness (QED) is 0.283. The van der Waals surface area contributed by atoms with Gasteiger partial charge in [0.2, 0.25) is 10.0 Å². The number of hydrogen-bond acceptors (Lipinski definition) is 6. The van der Waals surface area contributed by atoms with E-state index in [1.54, 1.807) is 23.6 Å². The van der Waals surface area contributed by atoms with E-state index in [9.17, 15) is 26.4 Å². The Morgan fingerprint density at radius 2 is 1.76 bits per heavy atom. The summed E-state index contributed by atoms with van der Waals surface area (Å²) in [5.41, 5.74) is 9.92. The standard InChI is InChI=1S/C26H36N4O4S.C2HF3O2/c1-5-35(32,33)30-8-6-17(7-9-30)23-14-29-24-21(23)11-18(12-22(24)25(27)31)19-10-20(34-15-19)13-28-16-26(2,3)4;3-2(4,5)1(6)7/h10-12,14-15,17,28-29H,5-9,13,16H2,1-4H3,(H2,27,31);(H,6,7). The summed E-state index contributed by atoms with van der Waals surface area (Å²) in [6.07, 6.45) is 0.0302. The number of aliphatic carboxylic acids is 1. The lowest BCUT2D eigenvalue weighted by atomic mass is 9.88. The fraction of sp³-hybridized carbons (Fsp3) is 0.500. The van der Waals surface area contributed by atoms with Crippen molar-refractivity contribution >= 4 is 32.8 Å². The number of aromatic nitrogens is 1. The molecular formula is C28H37F3N4O6S. The Morgan fingerprint density at radius 1 is 1.14 bits per heavy atom.